The summed E-state index contributed by atoms with van der Waals surface area (Å²) >= 11 is 0.759. The molecule has 0 aliphatic heterocycles. The third-order valence-electron chi connectivity index (χ3n) is 0.533. The second-order valence-electron chi connectivity index (χ2n) is 1.15. The summed E-state index contributed by atoms with van der Waals surface area (Å²) in [5, 5.41) is 8.17. The van der Waals surface area contributed by atoms with Gasteiger partial charge >= 0.3 is 54.6 Å². The molecule has 0 aliphatic rings. The third-order valence-corrected chi connectivity index (χ3v) is 1.59. The molecule has 4 heteroatoms. The van der Waals surface area contributed by atoms with Crippen molar-refractivity contribution in [1.29, 1.82) is 0 Å². The van der Waals surface area contributed by atoms with Crippen molar-refractivity contribution in [3.05, 3.63) is 0 Å². The third kappa shape index (κ3) is 3.01. The van der Waals surface area contributed by atoms with Crippen molar-refractivity contribution in [3.63, 3.8) is 0 Å². The van der Waals surface area contributed by atoms with Crippen LogP contribution in [0.2, 0.25) is 0 Å². The molecule has 3 nitrogen and oxygen atoms in total. The minimum absolute atomic E-state index is 0.0882. The number of carbonyl (C=O) groups excluding carboxylic acids is 1. The van der Waals surface area contributed by atoms with E-state index in [1.54, 1.807) is 0 Å². The number of rotatable bonds is 2. The Morgan fingerprint density at radius 1 is 2.00 bits per heavy atom. The second kappa shape index (κ2) is 3.40. The predicted molar refractivity (Wildman–Crippen MR) is 25.8 cm³/mol. The van der Waals surface area contributed by atoms with Gasteiger partial charge in [-0.25, -0.2) is 0 Å². The summed E-state index contributed by atoms with van der Waals surface area (Å²) in [6.07, 6.45) is 0. The normalized spacial score (nSPS) is 13.6. The molecule has 0 aromatic rings. The SMILES string of the molecule is N[C@@H](CO)[C](=O)[Sn]. The van der Waals surface area contributed by atoms with Gasteiger partial charge in [-0.2, -0.15) is 0 Å². The number of hydrogen-bond donors (Lipinski definition) is 2. The quantitative estimate of drug-likeness (QED) is 0.514. The molecular formula is C3H6NO2Sn. The Kier molecular flexibility index (Phi) is 3.59. The van der Waals surface area contributed by atoms with Crippen LogP contribution in [0.1, 0.15) is 0 Å². The van der Waals surface area contributed by atoms with Gasteiger partial charge < -0.3 is 0 Å². The Bertz CT molecular complexity index is 75.3. The fraction of sp³-hybridized carbons (Fsp3) is 0.667. The molecule has 0 heterocycles. The summed E-state index contributed by atoms with van der Waals surface area (Å²) in [4.78, 5) is 10.1. The number of aliphatic hydroxyl groups is 1. The Morgan fingerprint density at radius 3 is 2.43 bits per heavy atom. The molecule has 0 aromatic heterocycles. The summed E-state index contributed by atoms with van der Waals surface area (Å²) in [6, 6.07) is -0.641. The van der Waals surface area contributed by atoms with Crippen molar-refractivity contribution < 1.29 is 9.90 Å². The molecule has 0 amide bonds. The number of carbonyl (C=O) groups is 1. The van der Waals surface area contributed by atoms with Gasteiger partial charge in [0.2, 0.25) is 0 Å². The first kappa shape index (κ1) is 7.39. The van der Waals surface area contributed by atoms with Crippen LogP contribution < -0.4 is 5.73 Å². The predicted octanol–water partition coefficient (Wildman–Crippen LogP) is -2.00. The molecule has 0 fully saturated rings. The minimum atomic E-state index is -0.641. The van der Waals surface area contributed by atoms with E-state index in [2.05, 4.69) is 0 Å². The Hall–Kier alpha value is 0.389. The van der Waals surface area contributed by atoms with Gasteiger partial charge in [-0.15, -0.1) is 0 Å². The summed E-state index contributed by atoms with van der Waals surface area (Å²) in [6.45, 7) is -0.232. The first-order valence-corrected chi connectivity index (χ1v) is 3.23. The van der Waals surface area contributed by atoms with E-state index < -0.39 is 6.04 Å². The summed E-state index contributed by atoms with van der Waals surface area (Å²) in [7, 11) is 0. The standard InChI is InChI=1S/C3H6NO2.Sn/c4-3(1-5)2-6;/h3,5H,1,4H2;/t3-;/m0./s1. The van der Waals surface area contributed by atoms with Crippen LogP contribution >= 0.6 is 0 Å². The van der Waals surface area contributed by atoms with Crippen LogP contribution in [0.3, 0.4) is 0 Å². The molecule has 0 bridgehead atoms. The van der Waals surface area contributed by atoms with Crippen LogP contribution in [0.4, 0.5) is 0 Å². The van der Waals surface area contributed by atoms with E-state index in [0.717, 1.165) is 22.5 Å². The average Bonchev–Trinajstić information content (AvgIpc) is 1.65. The molecule has 0 aromatic carbocycles. The zero-order valence-corrected chi connectivity index (χ0v) is 6.57. The molecule has 0 aliphatic carbocycles. The Labute approximate surface area is 55.0 Å². The molecule has 0 rings (SSSR count). The van der Waals surface area contributed by atoms with E-state index >= 15 is 0 Å². The van der Waals surface area contributed by atoms with Crippen molar-refractivity contribution >= 4 is 26.3 Å². The second-order valence-corrected chi connectivity index (χ2v) is 2.56. The molecule has 1 atom stereocenters. The molecule has 0 unspecified atom stereocenters. The van der Waals surface area contributed by atoms with Crippen LogP contribution in [0.5, 0.6) is 0 Å². The number of aliphatic hydroxyl groups excluding tert-OH is 1. The molecule has 39 valence electrons. The maximum absolute atomic E-state index is 10.1. The number of nitrogens with two attached hydrogens (primary N) is 1. The fourth-order valence-electron chi connectivity index (χ4n) is 0.0829. The molecular weight excluding hydrogens is 201 g/mol. The van der Waals surface area contributed by atoms with Crippen molar-refractivity contribution in [2.24, 2.45) is 5.73 Å². The van der Waals surface area contributed by atoms with E-state index in [9.17, 15) is 4.79 Å². The van der Waals surface area contributed by atoms with Crippen molar-refractivity contribution in [1.82, 2.24) is 0 Å². The van der Waals surface area contributed by atoms with Crippen LogP contribution in [0.25, 0.3) is 0 Å². The van der Waals surface area contributed by atoms with E-state index in [0.29, 0.717) is 0 Å². The van der Waals surface area contributed by atoms with Gasteiger partial charge in [0.05, 0.1) is 0 Å². The van der Waals surface area contributed by atoms with Crippen LogP contribution in [-0.2, 0) is 4.79 Å². The first-order chi connectivity index (χ1) is 3.18. The van der Waals surface area contributed by atoms with Crippen molar-refractivity contribution in [2.45, 2.75) is 6.04 Å². The van der Waals surface area contributed by atoms with Gasteiger partial charge in [0.25, 0.3) is 0 Å². The monoisotopic (exact) mass is 208 g/mol. The molecule has 3 radical (unpaired) electrons. The van der Waals surface area contributed by atoms with Crippen LogP contribution in [0.15, 0.2) is 0 Å². The maximum atomic E-state index is 10.1. The first-order valence-electron chi connectivity index (χ1n) is 1.80. The Balaban J connectivity index is 3.34. The van der Waals surface area contributed by atoms with Gasteiger partial charge in [-0.05, 0) is 0 Å². The zero-order valence-electron chi connectivity index (χ0n) is 3.72. The van der Waals surface area contributed by atoms with E-state index in [-0.39, 0.29) is 10.4 Å². The van der Waals surface area contributed by atoms with Gasteiger partial charge in [-0.3, -0.25) is 0 Å². The van der Waals surface area contributed by atoms with Crippen molar-refractivity contribution in [3.8, 4) is 0 Å². The molecule has 3 N–H and O–H groups in total. The van der Waals surface area contributed by atoms with Gasteiger partial charge in [-0.1, -0.05) is 0 Å². The van der Waals surface area contributed by atoms with E-state index in [1.165, 1.54) is 0 Å². The molecule has 0 saturated carbocycles. The van der Waals surface area contributed by atoms with Gasteiger partial charge in [0.15, 0.2) is 0 Å². The summed E-state index contributed by atoms with van der Waals surface area (Å²) < 4.78 is -0.0882. The molecule has 0 spiro atoms. The van der Waals surface area contributed by atoms with Crippen LogP contribution in [-0.4, -0.2) is 44.1 Å². The van der Waals surface area contributed by atoms with Gasteiger partial charge in [0.1, 0.15) is 0 Å². The zero-order chi connectivity index (χ0) is 5.86. The average molecular weight is 207 g/mol. The Morgan fingerprint density at radius 2 is 2.43 bits per heavy atom. The van der Waals surface area contributed by atoms with Crippen LogP contribution in [0, 0.1) is 0 Å². The molecule has 0 saturated heterocycles. The van der Waals surface area contributed by atoms with Crippen molar-refractivity contribution in [2.75, 3.05) is 6.61 Å². The topological polar surface area (TPSA) is 63.3 Å². The summed E-state index contributed by atoms with van der Waals surface area (Å²) in [5.41, 5.74) is 5.04. The number of hydrogen-bond acceptors (Lipinski definition) is 3. The van der Waals surface area contributed by atoms with E-state index in [1.807, 2.05) is 0 Å². The van der Waals surface area contributed by atoms with Gasteiger partial charge in [0, 0.05) is 0 Å². The summed E-state index contributed by atoms with van der Waals surface area (Å²) in [5.74, 6) is 0. The fourth-order valence-corrected chi connectivity index (χ4v) is 0.343. The molecule has 7 heavy (non-hydrogen) atoms. The van der Waals surface area contributed by atoms with E-state index in [4.69, 9.17) is 10.8 Å².